The Hall–Kier alpha value is -2.17. The van der Waals surface area contributed by atoms with Crippen molar-refractivity contribution in [2.75, 3.05) is 13.1 Å². The molecule has 1 atom stereocenters. The summed E-state index contributed by atoms with van der Waals surface area (Å²) < 4.78 is 5.68. The van der Waals surface area contributed by atoms with Crippen molar-refractivity contribution in [1.29, 1.82) is 0 Å². The fourth-order valence-electron chi connectivity index (χ4n) is 2.66. The molecule has 21 heavy (non-hydrogen) atoms. The van der Waals surface area contributed by atoms with Crippen molar-refractivity contribution in [1.82, 2.24) is 15.1 Å². The second-order valence-corrected chi connectivity index (χ2v) is 5.39. The van der Waals surface area contributed by atoms with Crippen molar-refractivity contribution in [3.63, 3.8) is 0 Å². The molecule has 2 aromatic rings. The van der Waals surface area contributed by atoms with Crippen LogP contribution in [0.25, 0.3) is 0 Å². The maximum Gasteiger partial charge on any atom is 0.253 e. The zero-order valence-corrected chi connectivity index (χ0v) is 12.2. The maximum atomic E-state index is 12.4. The quantitative estimate of drug-likeness (QED) is 0.866. The van der Waals surface area contributed by atoms with Crippen LogP contribution in [0, 0.1) is 0 Å². The summed E-state index contributed by atoms with van der Waals surface area (Å²) in [4.78, 5) is 14.3. The van der Waals surface area contributed by atoms with E-state index in [0.29, 0.717) is 18.3 Å². The minimum atomic E-state index is 0.0754. The van der Waals surface area contributed by atoms with Crippen molar-refractivity contribution in [2.45, 2.75) is 32.1 Å². The number of amides is 1. The molecular weight excluding hydrogens is 266 g/mol. The third kappa shape index (κ3) is 2.96. The van der Waals surface area contributed by atoms with E-state index in [1.165, 1.54) is 0 Å². The minimum absolute atomic E-state index is 0.0754. The number of nitrogens with zero attached hydrogens (tertiary/aromatic N) is 3. The third-order valence-electron chi connectivity index (χ3n) is 3.79. The summed E-state index contributed by atoms with van der Waals surface area (Å²) in [5.41, 5.74) is 0.732. The lowest BCUT2D eigenvalue weighted by molar-refractivity contribution is 0.0790. The Balaban J connectivity index is 1.66. The van der Waals surface area contributed by atoms with Gasteiger partial charge < -0.3 is 9.32 Å². The topological polar surface area (TPSA) is 59.2 Å². The molecule has 110 valence electrons. The van der Waals surface area contributed by atoms with E-state index < -0.39 is 0 Å². The largest absolute Gasteiger partial charge is 0.425 e. The number of hydrogen-bond acceptors (Lipinski definition) is 4. The van der Waals surface area contributed by atoms with Crippen molar-refractivity contribution >= 4 is 5.91 Å². The number of carbonyl (C=O) groups is 1. The van der Waals surface area contributed by atoms with E-state index in [0.717, 1.165) is 31.4 Å². The first-order valence-electron chi connectivity index (χ1n) is 7.44. The van der Waals surface area contributed by atoms with Crippen LogP contribution in [0.2, 0.25) is 0 Å². The number of likely N-dealkylation sites (tertiary alicyclic amines) is 1. The van der Waals surface area contributed by atoms with Crippen molar-refractivity contribution < 1.29 is 9.21 Å². The van der Waals surface area contributed by atoms with Gasteiger partial charge in [0.15, 0.2) is 0 Å². The zero-order chi connectivity index (χ0) is 14.7. The van der Waals surface area contributed by atoms with Crippen molar-refractivity contribution in [2.24, 2.45) is 0 Å². The number of aromatic nitrogens is 2. The molecule has 1 saturated heterocycles. The second kappa shape index (κ2) is 6.08. The summed E-state index contributed by atoms with van der Waals surface area (Å²) in [6.07, 6.45) is 2.68. The molecule has 0 spiro atoms. The van der Waals surface area contributed by atoms with E-state index in [9.17, 15) is 4.79 Å². The van der Waals surface area contributed by atoms with Gasteiger partial charge in [-0.15, -0.1) is 10.2 Å². The highest BCUT2D eigenvalue weighted by molar-refractivity contribution is 5.94. The van der Waals surface area contributed by atoms with E-state index in [1.54, 1.807) is 0 Å². The van der Waals surface area contributed by atoms with Crippen LogP contribution in [0.3, 0.4) is 0 Å². The molecule has 1 aliphatic rings. The molecular formula is C16H19N3O2. The lowest BCUT2D eigenvalue weighted by Crippen LogP contribution is -2.28. The highest BCUT2D eigenvalue weighted by Crippen LogP contribution is 2.27. The monoisotopic (exact) mass is 285 g/mol. The van der Waals surface area contributed by atoms with Crippen LogP contribution in [-0.2, 0) is 6.42 Å². The maximum absolute atomic E-state index is 12.4. The SMILES string of the molecule is CCCc1nnc([C@H]2CCN(C(=O)c3ccccc3)C2)o1. The highest BCUT2D eigenvalue weighted by atomic mass is 16.4. The molecule has 5 heteroatoms. The third-order valence-corrected chi connectivity index (χ3v) is 3.79. The molecule has 1 aromatic carbocycles. The van der Waals surface area contributed by atoms with E-state index in [-0.39, 0.29) is 11.8 Å². The molecule has 0 saturated carbocycles. The Morgan fingerprint density at radius 1 is 1.33 bits per heavy atom. The molecule has 0 unspecified atom stereocenters. The number of aryl methyl sites for hydroxylation is 1. The normalized spacial score (nSPS) is 18.1. The molecule has 0 aliphatic carbocycles. The Labute approximate surface area is 124 Å². The van der Waals surface area contributed by atoms with Crippen LogP contribution in [0.15, 0.2) is 34.7 Å². The number of benzene rings is 1. The van der Waals surface area contributed by atoms with Gasteiger partial charge in [-0.25, -0.2) is 0 Å². The van der Waals surface area contributed by atoms with E-state index >= 15 is 0 Å². The van der Waals surface area contributed by atoms with Gasteiger partial charge in [-0.05, 0) is 25.0 Å². The van der Waals surface area contributed by atoms with Crippen molar-refractivity contribution in [3.8, 4) is 0 Å². The first-order chi connectivity index (χ1) is 10.3. The van der Waals surface area contributed by atoms with Crippen molar-refractivity contribution in [3.05, 3.63) is 47.7 Å². The van der Waals surface area contributed by atoms with Gasteiger partial charge in [0.2, 0.25) is 11.8 Å². The van der Waals surface area contributed by atoms with Crippen LogP contribution in [0.5, 0.6) is 0 Å². The summed E-state index contributed by atoms with van der Waals surface area (Å²) in [5.74, 6) is 1.60. The van der Waals surface area contributed by atoms with Crippen LogP contribution < -0.4 is 0 Å². The fraction of sp³-hybridized carbons (Fsp3) is 0.438. The highest BCUT2D eigenvalue weighted by Gasteiger charge is 2.31. The van der Waals surface area contributed by atoms with Crippen LogP contribution in [0.4, 0.5) is 0 Å². The first-order valence-corrected chi connectivity index (χ1v) is 7.44. The second-order valence-electron chi connectivity index (χ2n) is 5.39. The van der Waals surface area contributed by atoms with Gasteiger partial charge in [-0.3, -0.25) is 4.79 Å². The Morgan fingerprint density at radius 3 is 2.90 bits per heavy atom. The number of carbonyl (C=O) groups excluding carboxylic acids is 1. The standard InChI is InChI=1S/C16H19N3O2/c1-2-6-14-17-18-15(21-14)13-9-10-19(11-13)16(20)12-7-4-3-5-8-12/h3-5,7-8,13H,2,6,9-11H2,1H3/t13-/m0/s1. The van der Waals surface area contributed by atoms with Gasteiger partial charge in [-0.2, -0.15) is 0 Å². The van der Waals surface area contributed by atoms with Crippen LogP contribution in [0.1, 0.15) is 47.8 Å². The smallest absolute Gasteiger partial charge is 0.253 e. The van der Waals surface area contributed by atoms with Gasteiger partial charge in [-0.1, -0.05) is 25.1 Å². The van der Waals surface area contributed by atoms with Gasteiger partial charge in [0.05, 0.1) is 5.92 Å². The fourth-order valence-corrected chi connectivity index (χ4v) is 2.66. The lowest BCUT2D eigenvalue weighted by atomic mass is 10.1. The summed E-state index contributed by atoms with van der Waals surface area (Å²) >= 11 is 0. The molecule has 1 amide bonds. The summed E-state index contributed by atoms with van der Waals surface area (Å²) in [7, 11) is 0. The summed E-state index contributed by atoms with van der Waals surface area (Å²) in [6, 6.07) is 9.38. The Morgan fingerprint density at radius 2 is 2.14 bits per heavy atom. The molecule has 1 aliphatic heterocycles. The van der Waals surface area contributed by atoms with Gasteiger partial charge in [0.1, 0.15) is 0 Å². The molecule has 0 radical (unpaired) electrons. The Kier molecular flexibility index (Phi) is 3.99. The van der Waals surface area contributed by atoms with Crippen LogP contribution in [-0.4, -0.2) is 34.1 Å². The Bertz CT molecular complexity index is 609. The average Bonchev–Trinajstić information content (AvgIpc) is 3.16. The summed E-state index contributed by atoms with van der Waals surface area (Å²) in [5, 5.41) is 8.19. The van der Waals surface area contributed by atoms with Gasteiger partial charge in [0.25, 0.3) is 5.91 Å². The first kappa shape index (κ1) is 13.8. The van der Waals surface area contributed by atoms with E-state index in [4.69, 9.17) is 4.42 Å². The molecule has 2 heterocycles. The molecule has 5 nitrogen and oxygen atoms in total. The number of rotatable bonds is 4. The minimum Gasteiger partial charge on any atom is -0.425 e. The molecule has 1 aromatic heterocycles. The van der Waals surface area contributed by atoms with E-state index in [1.807, 2.05) is 35.2 Å². The van der Waals surface area contributed by atoms with Gasteiger partial charge >= 0.3 is 0 Å². The zero-order valence-electron chi connectivity index (χ0n) is 12.2. The molecule has 0 N–H and O–H groups in total. The summed E-state index contributed by atoms with van der Waals surface area (Å²) in [6.45, 7) is 3.48. The predicted octanol–water partition coefficient (Wildman–Crippen LogP) is 2.65. The predicted molar refractivity (Wildman–Crippen MR) is 78.0 cm³/mol. The van der Waals surface area contributed by atoms with E-state index in [2.05, 4.69) is 17.1 Å². The van der Waals surface area contributed by atoms with Crippen LogP contribution >= 0.6 is 0 Å². The molecule has 0 bridgehead atoms. The molecule has 3 rings (SSSR count). The lowest BCUT2D eigenvalue weighted by Gasteiger charge is -2.15. The van der Waals surface area contributed by atoms with Gasteiger partial charge in [0, 0.05) is 25.1 Å². The molecule has 1 fully saturated rings. The number of hydrogen-bond donors (Lipinski definition) is 0. The average molecular weight is 285 g/mol.